The second-order valence-electron chi connectivity index (χ2n) is 15.0. The van der Waals surface area contributed by atoms with Gasteiger partial charge in [-0.25, -0.2) is 0 Å². The Hall–Kier alpha value is -2.44. The lowest BCUT2D eigenvalue weighted by Crippen LogP contribution is -2.17. The van der Waals surface area contributed by atoms with E-state index in [-0.39, 0.29) is 21.7 Å². The van der Waals surface area contributed by atoms with Gasteiger partial charge in [-0.2, -0.15) is 0 Å². The summed E-state index contributed by atoms with van der Waals surface area (Å²) in [5.74, 6) is 0. The molecule has 0 spiro atoms. The molecule has 4 aromatic rings. The number of rotatable bonds is 1. The predicted octanol–water partition coefficient (Wildman–Crippen LogP) is 11.8. The van der Waals surface area contributed by atoms with Gasteiger partial charge in [0.05, 0.1) is 5.30 Å². The van der Waals surface area contributed by atoms with Crippen LogP contribution in [0.4, 0.5) is 0 Å². The monoisotopic (exact) mass is 530 g/mol. The zero-order valence-corrected chi connectivity index (χ0v) is 26.8. The van der Waals surface area contributed by atoms with Crippen LogP contribution in [0.2, 0.25) is 0 Å². The number of aryl methyl sites for hydroxylation is 1. The Bertz CT molecular complexity index is 1450. The minimum atomic E-state index is -1.39. The predicted molar refractivity (Wildman–Crippen MR) is 167 cm³/mol. The van der Waals surface area contributed by atoms with Gasteiger partial charge in [0.2, 0.25) is 0 Å². The first-order chi connectivity index (χ1) is 17.3. The molecule has 3 aromatic carbocycles. The first kappa shape index (κ1) is 28.6. The third kappa shape index (κ3) is 5.48. The maximum Gasteiger partial charge on any atom is 0.253 e. The molecule has 0 aliphatic rings. The molecule has 204 valence electrons. The fourth-order valence-electron chi connectivity index (χ4n) is 4.89. The Labute approximate surface area is 231 Å². The zero-order valence-electron chi connectivity index (χ0n) is 25.9. The van der Waals surface area contributed by atoms with Crippen LogP contribution in [0, 0.1) is 6.92 Å². The standard InChI is InChI=1S/C35H47O2P/c1-22-16-14-15-17-29(22)38-36-30-25(18-23(32(2,3)4)20-27(30)34(8,9)10)26-19-24(33(5,6)7)21-28(31(26)37-38)35(11,12)13/h14-21H,1-13H3. The molecule has 0 saturated carbocycles. The van der Waals surface area contributed by atoms with E-state index in [9.17, 15) is 0 Å². The van der Waals surface area contributed by atoms with Gasteiger partial charge < -0.3 is 8.39 Å². The lowest BCUT2D eigenvalue weighted by molar-refractivity contribution is 0.557. The second-order valence-corrected chi connectivity index (χ2v) is 16.4. The van der Waals surface area contributed by atoms with Gasteiger partial charge in [0.15, 0.2) is 0 Å². The fraction of sp³-hybridized carbons (Fsp3) is 0.486. The molecule has 0 amide bonds. The van der Waals surface area contributed by atoms with Crippen molar-refractivity contribution >= 4 is 30.0 Å². The molecule has 0 atom stereocenters. The van der Waals surface area contributed by atoms with Crippen molar-refractivity contribution in [3.8, 4) is 5.30 Å². The third-order valence-corrected chi connectivity index (χ3v) is 9.07. The second kappa shape index (κ2) is 9.34. The van der Waals surface area contributed by atoms with Crippen LogP contribution >= 0.6 is 8.01 Å². The van der Waals surface area contributed by atoms with E-state index in [1.807, 2.05) is 0 Å². The molecular weight excluding hydrogens is 483 g/mol. The van der Waals surface area contributed by atoms with Crippen molar-refractivity contribution in [1.82, 2.24) is 0 Å². The van der Waals surface area contributed by atoms with Crippen molar-refractivity contribution in [2.75, 3.05) is 0 Å². The van der Waals surface area contributed by atoms with Crippen LogP contribution in [0.5, 0.6) is 0 Å². The average molecular weight is 531 g/mol. The molecule has 0 saturated heterocycles. The molecule has 0 unspecified atom stereocenters. The van der Waals surface area contributed by atoms with Crippen LogP contribution in [-0.2, 0) is 21.7 Å². The van der Waals surface area contributed by atoms with Crippen molar-refractivity contribution in [2.45, 2.75) is 112 Å². The fourth-order valence-corrected chi connectivity index (χ4v) is 6.42. The van der Waals surface area contributed by atoms with E-state index in [1.165, 1.54) is 27.8 Å². The molecular formula is C35H47O2P. The van der Waals surface area contributed by atoms with E-state index in [2.05, 4.69) is 139 Å². The van der Waals surface area contributed by atoms with Crippen molar-refractivity contribution < 1.29 is 8.39 Å². The summed E-state index contributed by atoms with van der Waals surface area (Å²) in [6.07, 6.45) is 0. The molecule has 4 rings (SSSR count). The van der Waals surface area contributed by atoms with E-state index in [4.69, 9.17) is 8.39 Å². The highest BCUT2D eigenvalue weighted by Gasteiger charge is 2.28. The summed E-state index contributed by atoms with van der Waals surface area (Å²) >= 11 is 0. The topological polar surface area (TPSA) is 26.3 Å². The Kier molecular flexibility index (Phi) is 7.02. The van der Waals surface area contributed by atoms with Crippen LogP contribution < -0.4 is 0 Å². The zero-order chi connectivity index (χ0) is 28.4. The van der Waals surface area contributed by atoms with E-state index in [0.717, 1.165) is 27.2 Å². The number of hydrogen-bond acceptors (Lipinski definition) is 2. The van der Waals surface area contributed by atoms with E-state index >= 15 is 0 Å². The number of fused-ring (bicyclic) bond motifs is 3. The minimum absolute atomic E-state index is 0.00238. The van der Waals surface area contributed by atoms with Crippen molar-refractivity contribution in [1.29, 1.82) is 0 Å². The van der Waals surface area contributed by atoms with Gasteiger partial charge in [0.1, 0.15) is 11.2 Å². The summed E-state index contributed by atoms with van der Waals surface area (Å²) in [6, 6.07) is 17.9. The Balaban J connectivity index is 2.41. The average Bonchev–Trinajstić information content (AvgIpc) is 2.92. The molecule has 0 aliphatic carbocycles. The smallest absolute Gasteiger partial charge is 0.253 e. The maximum absolute atomic E-state index is 7.07. The Morgan fingerprint density at radius 3 is 1.26 bits per heavy atom. The molecule has 0 fully saturated rings. The molecule has 1 heterocycles. The van der Waals surface area contributed by atoms with Crippen LogP contribution in [-0.4, -0.2) is 0 Å². The maximum atomic E-state index is 7.07. The summed E-state index contributed by atoms with van der Waals surface area (Å²) in [4.78, 5) is 0. The van der Waals surface area contributed by atoms with Crippen LogP contribution in [0.3, 0.4) is 0 Å². The largest absolute Gasteiger partial charge is 0.415 e. The molecule has 0 aliphatic heterocycles. The van der Waals surface area contributed by atoms with Crippen molar-refractivity contribution in [3.63, 3.8) is 0 Å². The van der Waals surface area contributed by atoms with Gasteiger partial charge >= 0.3 is 0 Å². The number of hydrogen-bond donors (Lipinski definition) is 0. The summed E-state index contributed by atoms with van der Waals surface area (Å²) in [5, 5.41) is 3.42. The Morgan fingerprint density at radius 1 is 0.526 bits per heavy atom. The van der Waals surface area contributed by atoms with Gasteiger partial charge in [-0.3, -0.25) is 0 Å². The summed E-state index contributed by atoms with van der Waals surface area (Å²) in [7, 11) is -1.39. The normalized spacial score (nSPS) is 13.4. The van der Waals surface area contributed by atoms with E-state index < -0.39 is 8.01 Å². The van der Waals surface area contributed by atoms with Crippen LogP contribution in [0.25, 0.3) is 27.2 Å². The highest BCUT2D eigenvalue weighted by molar-refractivity contribution is 7.45. The summed E-state index contributed by atoms with van der Waals surface area (Å²) < 4.78 is 14.1. The summed E-state index contributed by atoms with van der Waals surface area (Å²) in [5.41, 5.74) is 8.01. The van der Waals surface area contributed by atoms with Crippen LogP contribution in [0.1, 0.15) is 111 Å². The highest BCUT2D eigenvalue weighted by atomic mass is 31.1. The van der Waals surface area contributed by atoms with Gasteiger partial charge in [0.25, 0.3) is 8.01 Å². The highest BCUT2D eigenvalue weighted by Crippen LogP contribution is 2.49. The molecule has 0 N–H and O–H groups in total. The minimum Gasteiger partial charge on any atom is -0.415 e. The lowest BCUT2D eigenvalue weighted by atomic mass is 9.77. The first-order valence-electron chi connectivity index (χ1n) is 13.9. The van der Waals surface area contributed by atoms with Crippen LogP contribution in [0.15, 0.2) is 56.9 Å². The van der Waals surface area contributed by atoms with Gasteiger partial charge in [-0.1, -0.05) is 113 Å². The molecule has 38 heavy (non-hydrogen) atoms. The molecule has 0 bridgehead atoms. The molecule has 3 heteroatoms. The van der Waals surface area contributed by atoms with E-state index in [0.29, 0.717) is 0 Å². The molecule has 2 nitrogen and oxygen atoms in total. The lowest BCUT2D eigenvalue weighted by Gasteiger charge is -2.27. The Morgan fingerprint density at radius 2 is 0.921 bits per heavy atom. The third-order valence-electron chi connectivity index (χ3n) is 7.48. The van der Waals surface area contributed by atoms with E-state index in [1.54, 1.807) is 0 Å². The first-order valence-corrected chi connectivity index (χ1v) is 15.1. The van der Waals surface area contributed by atoms with Crippen molar-refractivity contribution in [3.05, 3.63) is 76.3 Å². The van der Waals surface area contributed by atoms with Gasteiger partial charge in [-0.05, 0) is 63.5 Å². The van der Waals surface area contributed by atoms with Gasteiger partial charge in [-0.15, -0.1) is 0 Å². The van der Waals surface area contributed by atoms with Gasteiger partial charge in [0, 0.05) is 21.9 Å². The van der Waals surface area contributed by atoms with Crippen molar-refractivity contribution in [2.24, 2.45) is 0 Å². The molecule has 1 aromatic heterocycles. The SMILES string of the molecule is Cc1ccccc1-p1oc2c(C(C)(C)C)cc(C(C)(C)C)cc2c2cc(C(C)(C)C)cc(C(C)(C)C)c2o1. The number of benzene rings is 3. The molecule has 0 radical (unpaired) electrons. The summed E-state index contributed by atoms with van der Waals surface area (Å²) in [6.45, 7) is 29.6. The quantitative estimate of drug-likeness (QED) is 0.245.